The van der Waals surface area contributed by atoms with Crippen molar-refractivity contribution in [2.75, 3.05) is 13.2 Å². The Morgan fingerprint density at radius 1 is 1.36 bits per heavy atom. The molecule has 0 heterocycles. The summed E-state index contributed by atoms with van der Waals surface area (Å²) in [7, 11) is -4.92. The van der Waals surface area contributed by atoms with E-state index in [1.54, 1.807) is 0 Å². The molecule has 0 fully saturated rings. The van der Waals surface area contributed by atoms with Gasteiger partial charge in [0.1, 0.15) is 0 Å². The molecule has 0 amide bonds. The quantitative estimate of drug-likeness (QED) is 0.299. The first-order chi connectivity index (χ1) is 4.41. The summed E-state index contributed by atoms with van der Waals surface area (Å²) in [5.74, 6) is 0. The van der Waals surface area contributed by atoms with E-state index >= 15 is 0 Å². The molecule has 0 aromatic carbocycles. The number of hydrogen-bond acceptors (Lipinski definition) is 4. The molecule has 0 aliphatic heterocycles. The zero-order valence-corrected chi connectivity index (χ0v) is 10.8. The SMILES string of the molecule is CCOCC.O=S(=O)([O-])O.[K+]. The van der Waals surface area contributed by atoms with Crippen LogP contribution in [0.5, 0.6) is 0 Å². The number of hydrogen-bond donors (Lipinski definition) is 1. The minimum Gasteiger partial charge on any atom is -0.726 e. The van der Waals surface area contributed by atoms with Crippen LogP contribution in [0.1, 0.15) is 13.8 Å². The van der Waals surface area contributed by atoms with E-state index in [9.17, 15) is 0 Å². The molecule has 0 aliphatic rings. The van der Waals surface area contributed by atoms with Crippen molar-refractivity contribution in [2.45, 2.75) is 13.8 Å². The van der Waals surface area contributed by atoms with Gasteiger partial charge < -0.3 is 9.29 Å². The zero-order valence-electron chi connectivity index (χ0n) is 6.90. The van der Waals surface area contributed by atoms with Crippen LogP contribution >= 0.6 is 0 Å². The van der Waals surface area contributed by atoms with Crippen molar-refractivity contribution in [3.8, 4) is 0 Å². The molecule has 0 aromatic rings. The summed E-state index contributed by atoms with van der Waals surface area (Å²) in [5, 5.41) is 0. The van der Waals surface area contributed by atoms with Crippen molar-refractivity contribution in [3.05, 3.63) is 0 Å². The summed E-state index contributed by atoms with van der Waals surface area (Å²) in [4.78, 5) is 0. The summed E-state index contributed by atoms with van der Waals surface area (Å²) < 4.78 is 37.7. The zero-order chi connectivity index (χ0) is 8.62. The molecule has 0 saturated heterocycles. The van der Waals surface area contributed by atoms with E-state index < -0.39 is 10.4 Å². The predicted molar refractivity (Wildman–Crippen MR) is 34.5 cm³/mol. The first-order valence-electron chi connectivity index (χ1n) is 2.67. The second kappa shape index (κ2) is 11.5. The molecule has 0 rings (SSSR count). The molecule has 0 atom stereocenters. The summed E-state index contributed by atoms with van der Waals surface area (Å²) >= 11 is 0. The Balaban J connectivity index is -0.000000107. The topological polar surface area (TPSA) is 86.7 Å². The van der Waals surface area contributed by atoms with Crippen LogP contribution in [-0.2, 0) is 15.1 Å². The van der Waals surface area contributed by atoms with Crippen LogP contribution in [0.4, 0.5) is 0 Å². The van der Waals surface area contributed by atoms with Gasteiger partial charge in [-0.3, -0.25) is 4.55 Å². The van der Waals surface area contributed by atoms with Crippen molar-refractivity contribution in [1.82, 2.24) is 0 Å². The van der Waals surface area contributed by atoms with E-state index in [-0.39, 0.29) is 51.4 Å². The molecule has 0 unspecified atom stereocenters. The average molecular weight is 210 g/mol. The van der Waals surface area contributed by atoms with Crippen molar-refractivity contribution in [2.24, 2.45) is 0 Å². The van der Waals surface area contributed by atoms with Gasteiger partial charge in [-0.15, -0.1) is 0 Å². The number of rotatable bonds is 2. The maximum atomic E-state index is 8.63. The van der Waals surface area contributed by atoms with Crippen molar-refractivity contribution < 1.29 is 73.6 Å². The molecule has 5 nitrogen and oxygen atoms in total. The van der Waals surface area contributed by atoms with Gasteiger partial charge in [0.05, 0.1) is 0 Å². The van der Waals surface area contributed by atoms with Crippen LogP contribution in [0, 0.1) is 0 Å². The Kier molecular flexibility index (Phi) is 19.1. The minimum absolute atomic E-state index is 0. The van der Waals surface area contributed by atoms with Crippen molar-refractivity contribution in [3.63, 3.8) is 0 Å². The third kappa shape index (κ3) is 85.5. The Labute approximate surface area is 110 Å². The van der Waals surface area contributed by atoms with Crippen LogP contribution in [0.3, 0.4) is 0 Å². The molecule has 0 saturated carbocycles. The molecule has 0 aromatic heterocycles. The van der Waals surface area contributed by atoms with Gasteiger partial charge in [-0.1, -0.05) is 0 Å². The Bertz CT molecular complexity index is 133. The van der Waals surface area contributed by atoms with Gasteiger partial charge in [-0.2, -0.15) is 0 Å². The fraction of sp³-hybridized carbons (Fsp3) is 1.00. The van der Waals surface area contributed by atoms with E-state index in [0.29, 0.717) is 0 Å². The predicted octanol–water partition coefficient (Wildman–Crippen LogP) is -2.95. The fourth-order valence-corrected chi connectivity index (χ4v) is 0.204. The molecule has 0 bridgehead atoms. The van der Waals surface area contributed by atoms with Gasteiger partial charge in [0.25, 0.3) is 0 Å². The molecule has 7 heteroatoms. The van der Waals surface area contributed by atoms with E-state index in [4.69, 9.17) is 22.3 Å². The van der Waals surface area contributed by atoms with Gasteiger partial charge >= 0.3 is 51.4 Å². The van der Waals surface area contributed by atoms with Crippen molar-refractivity contribution >= 4 is 10.4 Å². The fourth-order valence-electron chi connectivity index (χ4n) is 0.204. The van der Waals surface area contributed by atoms with E-state index in [1.807, 2.05) is 13.8 Å². The van der Waals surface area contributed by atoms with Crippen LogP contribution in [0.25, 0.3) is 0 Å². The molecule has 11 heavy (non-hydrogen) atoms. The first-order valence-corrected chi connectivity index (χ1v) is 4.04. The smallest absolute Gasteiger partial charge is 0.726 e. The third-order valence-corrected chi connectivity index (χ3v) is 0.408. The molecule has 0 spiro atoms. The van der Waals surface area contributed by atoms with Crippen LogP contribution in [0.15, 0.2) is 0 Å². The number of ether oxygens (including phenoxy) is 1. The van der Waals surface area contributed by atoms with Gasteiger partial charge in [-0.25, -0.2) is 8.42 Å². The van der Waals surface area contributed by atoms with E-state index in [2.05, 4.69) is 0 Å². The Morgan fingerprint density at radius 2 is 1.55 bits per heavy atom. The van der Waals surface area contributed by atoms with Gasteiger partial charge in [-0.05, 0) is 13.8 Å². The van der Waals surface area contributed by atoms with Crippen LogP contribution < -0.4 is 51.4 Å². The minimum atomic E-state index is -4.92. The first kappa shape index (κ1) is 18.3. The van der Waals surface area contributed by atoms with E-state index in [0.717, 1.165) is 13.2 Å². The van der Waals surface area contributed by atoms with Gasteiger partial charge in [0.2, 0.25) is 10.4 Å². The van der Waals surface area contributed by atoms with E-state index in [1.165, 1.54) is 0 Å². The van der Waals surface area contributed by atoms with Crippen LogP contribution in [-0.4, -0.2) is 30.7 Å². The molecule has 0 aliphatic carbocycles. The largest absolute Gasteiger partial charge is 1.00 e. The normalized spacial score (nSPS) is 9.09. The molecule has 64 valence electrons. The Hall–Kier alpha value is 1.47. The van der Waals surface area contributed by atoms with Crippen molar-refractivity contribution in [1.29, 1.82) is 0 Å². The standard InChI is InChI=1S/C4H10O.K.H2O4S/c1-3-5-4-2;;1-5(2,3)4/h3-4H2,1-2H3;;(H2,1,2,3,4)/q;+1;/p-1. The summed E-state index contributed by atoms with van der Waals surface area (Å²) in [5.41, 5.74) is 0. The summed E-state index contributed by atoms with van der Waals surface area (Å²) in [6.45, 7) is 5.67. The Morgan fingerprint density at radius 3 is 1.55 bits per heavy atom. The summed E-state index contributed by atoms with van der Waals surface area (Å²) in [6, 6.07) is 0. The van der Waals surface area contributed by atoms with Gasteiger partial charge in [0.15, 0.2) is 0 Å². The molecular formula is C4H11KO5S. The van der Waals surface area contributed by atoms with Crippen LogP contribution in [0.2, 0.25) is 0 Å². The maximum absolute atomic E-state index is 8.63. The molecule has 1 N–H and O–H groups in total. The second-order valence-corrected chi connectivity index (χ2v) is 2.06. The maximum Gasteiger partial charge on any atom is 1.00 e. The summed E-state index contributed by atoms with van der Waals surface area (Å²) in [6.07, 6.45) is 0. The van der Waals surface area contributed by atoms with Gasteiger partial charge in [0, 0.05) is 13.2 Å². The molecular weight excluding hydrogens is 199 g/mol. The monoisotopic (exact) mass is 210 g/mol. The molecule has 0 radical (unpaired) electrons. The third-order valence-electron chi connectivity index (χ3n) is 0.408. The average Bonchev–Trinajstić information content (AvgIpc) is 1.63. The second-order valence-electron chi connectivity index (χ2n) is 1.21.